The average Bonchev–Trinajstić information content (AvgIpc) is 3.28. The van der Waals surface area contributed by atoms with Crippen molar-refractivity contribution in [3.63, 3.8) is 0 Å². The van der Waals surface area contributed by atoms with Gasteiger partial charge in [-0.25, -0.2) is 8.42 Å². The molecule has 0 aliphatic carbocycles. The number of amides is 1. The van der Waals surface area contributed by atoms with Crippen LogP contribution in [-0.2, 0) is 21.4 Å². The van der Waals surface area contributed by atoms with E-state index >= 15 is 0 Å². The molecule has 0 radical (unpaired) electrons. The Labute approximate surface area is 170 Å². The molecular weight excluding hydrogens is 392 g/mol. The van der Waals surface area contributed by atoms with Crippen molar-refractivity contribution in [2.24, 2.45) is 0 Å². The van der Waals surface area contributed by atoms with Gasteiger partial charge in [-0.3, -0.25) is 4.79 Å². The number of fused-ring (bicyclic) bond motifs is 1. The minimum atomic E-state index is -3.69. The summed E-state index contributed by atoms with van der Waals surface area (Å²) in [5.41, 5.74) is 0.902. The number of rotatable bonds is 5. The van der Waals surface area contributed by atoms with Gasteiger partial charge < -0.3 is 14.4 Å². The molecular formula is C21H24N2O5S. The number of sulfonamides is 1. The van der Waals surface area contributed by atoms with Crippen molar-refractivity contribution >= 4 is 15.9 Å². The third-order valence-electron chi connectivity index (χ3n) is 5.22. The van der Waals surface area contributed by atoms with Crippen LogP contribution in [0.25, 0.3) is 0 Å². The minimum absolute atomic E-state index is 0.0751. The summed E-state index contributed by atoms with van der Waals surface area (Å²) >= 11 is 0. The molecule has 1 amide bonds. The first-order chi connectivity index (χ1) is 13.9. The Morgan fingerprint density at radius 2 is 1.83 bits per heavy atom. The summed E-state index contributed by atoms with van der Waals surface area (Å²) in [6.07, 6.45) is 1.32. The van der Waals surface area contributed by atoms with E-state index in [2.05, 4.69) is 0 Å². The lowest BCUT2D eigenvalue weighted by molar-refractivity contribution is -0.140. The first-order valence-electron chi connectivity index (χ1n) is 9.68. The van der Waals surface area contributed by atoms with Crippen LogP contribution in [0.3, 0.4) is 0 Å². The summed E-state index contributed by atoms with van der Waals surface area (Å²) in [5.74, 6) is 0.649. The molecule has 8 heteroatoms. The molecule has 2 aliphatic rings. The monoisotopic (exact) mass is 416 g/mol. The van der Waals surface area contributed by atoms with Gasteiger partial charge in [0.1, 0.15) is 6.61 Å². The predicted molar refractivity (Wildman–Crippen MR) is 107 cm³/mol. The van der Waals surface area contributed by atoms with E-state index in [1.807, 2.05) is 30.3 Å². The van der Waals surface area contributed by atoms with Gasteiger partial charge >= 0.3 is 0 Å². The second kappa shape index (κ2) is 8.04. The summed E-state index contributed by atoms with van der Waals surface area (Å²) in [6.45, 7) is 1.84. The first-order valence-corrected chi connectivity index (χ1v) is 11.1. The number of hydrogen-bond acceptors (Lipinski definition) is 5. The van der Waals surface area contributed by atoms with Crippen LogP contribution < -0.4 is 9.47 Å². The van der Waals surface area contributed by atoms with E-state index in [1.54, 1.807) is 18.0 Å². The Hall–Kier alpha value is -2.58. The molecule has 1 atom stereocenters. The van der Waals surface area contributed by atoms with Crippen LogP contribution in [0, 0.1) is 0 Å². The number of ether oxygens (including phenoxy) is 2. The summed E-state index contributed by atoms with van der Waals surface area (Å²) in [6, 6.07) is 13.9. The number of benzene rings is 2. The van der Waals surface area contributed by atoms with Crippen molar-refractivity contribution in [2.75, 3.05) is 26.7 Å². The van der Waals surface area contributed by atoms with E-state index in [0.717, 1.165) is 31.5 Å². The van der Waals surface area contributed by atoms with Gasteiger partial charge in [0.15, 0.2) is 11.5 Å². The fraction of sp³-hybridized carbons (Fsp3) is 0.381. The van der Waals surface area contributed by atoms with Crippen LogP contribution in [-0.4, -0.2) is 56.4 Å². The van der Waals surface area contributed by atoms with Gasteiger partial charge in [-0.2, -0.15) is 4.31 Å². The average molecular weight is 416 g/mol. The Bertz CT molecular complexity index is 987. The third kappa shape index (κ3) is 4.09. The van der Waals surface area contributed by atoms with Crippen LogP contribution in [0.2, 0.25) is 0 Å². The lowest BCUT2D eigenvalue weighted by Gasteiger charge is -2.29. The van der Waals surface area contributed by atoms with E-state index < -0.39 is 16.1 Å². The van der Waals surface area contributed by atoms with E-state index in [0.29, 0.717) is 11.5 Å². The summed E-state index contributed by atoms with van der Waals surface area (Å²) < 4.78 is 38.7. The van der Waals surface area contributed by atoms with E-state index in [-0.39, 0.29) is 24.0 Å². The standard InChI is InChI=1S/C21H24N2O5S/c1-22(14-16-7-3-2-4-8-16)29(25,26)17-9-10-18-19(13-17)27-15-20(28-18)21(24)23-11-5-6-12-23/h2-4,7-10,13,20H,5-6,11-12,14-15H2,1H3. The number of likely N-dealkylation sites (tertiary alicyclic amines) is 1. The molecule has 0 saturated carbocycles. The molecule has 0 spiro atoms. The third-order valence-corrected chi connectivity index (χ3v) is 7.02. The summed E-state index contributed by atoms with van der Waals surface area (Å²) in [7, 11) is -2.15. The SMILES string of the molecule is CN(Cc1ccccc1)S(=O)(=O)c1ccc2c(c1)OCC(C(=O)N1CCCC1)O2. The Morgan fingerprint density at radius 3 is 2.55 bits per heavy atom. The number of carbonyl (C=O) groups excluding carboxylic acids is 1. The maximum absolute atomic E-state index is 12.9. The highest BCUT2D eigenvalue weighted by Crippen LogP contribution is 2.35. The molecule has 4 rings (SSSR count). The van der Waals surface area contributed by atoms with Gasteiger partial charge in [-0.15, -0.1) is 0 Å². The molecule has 2 aromatic carbocycles. The molecule has 7 nitrogen and oxygen atoms in total. The maximum Gasteiger partial charge on any atom is 0.267 e. The van der Waals surface area contributed by atoms with Crippen molar-refractivity contribution < 1.29 is 22.7 Å². The Kier molecular flexibility index (Phi) is 5.47. The summed E-state index contributed by atoms with van der Waals surface area (Å²) in [4.78, 5) is 14.4. The molecule has 1 unspecified atom stereocenters. The number of nitrogens with zero attached hydrogens (tertiary/aromatic N) is 2. The van der Waals surface area contributed by atoms with Crippen LogP contribution in [0.15, 0.2) is 53.4 Å². The van der Waals surface area contributed by atoms with Gasteiger partial charge in [0.25, 0.3) is 5.91 Å². The molecule has 154 valence electrons. The fourth-order valence-electron chi connectivity index (χ4n) is 3.58. The number of carbonyl (C=O) groups is 1. The van der Waals surface area contributed by atoms with E-state index in [4.69, 9.17) is 9.47 Å². The molecule has 0 bridgehead atoms. The van der Waals surface area contributed by atoms with Crippen molar-refractivity contribution in [3.8, 4) is 11.5 Å². The molecule has 29 heavy (non-hydrogen) atoms. The lowest BCUT2D eigenvalue weighted by atomic mass is 10.2. The van der Waals surface area contributed by atoms with Gasteiger partial charge in [-0.05, 0) is 30.5 Å². The zero-order valence-corrected chi connectivity index (χ0v) is 17.1. The smallest absolute Gasteiger partial charge is 0.267 e. The van der Waals surface area contributed by atoms with Crippen LogP contribution in [0.5, 0.6) is 11.5 Å². The van der Waals surface area contributed by atoms with Gasteiger partial charge in [0.05, 0.1) is 4.90 Å². The van der Waals surface area contributed by atoms with E-state index in [1.165, 1.54) is 16.4 Å². The topological polar surface area (TPSA) is 76.2 Å². The Balaban J connectivity index is 1.49. The maximum atomic E-state index is 12.9. The molecule has 1 saturated heterocycles. The van der Waals surface area contributed by atoms with Gasteiger partial charge in [-0.1, -0.05) is 30.3 Å². The van der Waals surface area contributed by atoms with Crippen LogP contribution in [0.4, 0.5) is 0 Å². The normalized spacial score (nSPS) is 18.8. The van der Waals surface area contributed by atoms with Gasteiger partial charge in [0.2, 0.25) is 16.1 Å². The second-order valence-electron chi connectivity index (χ2n) is 7.31. The summed E-state index contributed by atoms with van der Waals surface area (Å²) in [5, 5.41) is 0. The quantitative estimate of drug-likeness (QED) is 0.747. The highest BCUT2D eigenvalue weighted by Gasteiger charge is 2.33. The highest BCUT2D eigenvalue weighted by atomic mass is 32.2. The largest absolute Gasteiger partial charge is 0.485 e. The lowest BCUT2D eigenvalue weighted by Crippen LogP contribution is -2.45. The Morgan fingerprint density at radius 1 is 1.10 bits per heavy atom. The van der Waals surface area contributed by atoms with Crippen molar-refractivity contribution in [1.29, 1.82) is 0 Å². The minimum Gasteiger partial charge on any atom is -0.485 e. The van der Waals surface area contributed by atoms with Gasteiger partial charge in [0, 0.05) is 32.7 Å². The van der Waals surface area contributed by atoms with Crippen molar-refractivity contribution in [3.05, 3.63) is 54.1 Å². The van der Waals surface area contributed by atoms with Crippen LogP contribution >= 0.6 is 0 Å². The second-order valence-corrected chi connectivity index (χ2v) is 9.35. The molecule has 2 heterocycles. The zero-order valence-electron chi connectivity index (χ0n) is 16.3. The predicted octanol–water partition coefficient (Wildman–Crippen LogP) is 2.27. The highest BCUT2D eigenvalue weighted by molar-refractivity contribution is 7.89. The number of hydrogen-bond donors (Lipinski definition) is 0. The molecule has 0 aromatic heterocycles. The van der Waals surface area contributed by atoms with E-state index in [9.17, 15) is 13.2 Å². The zero-order chi connectivity index (χ0) is 20.4. The molecule has 2 aromatic rings. The molecule has 0 N–H and O–H groups in total. The van der Waals surface area contributed by atoms with Crippen molar-refractivity contribution in [1.82, 2.24) is 9.21 Å². The van der Waals surface area contributed by atoms with Crippen molar-refractivity contribution in [2.45, 2.75) is 30.4 Å². The fourth-order valence-corrected chi connectivity index (χ4v) is 4.75. The molecule has 1 fully saturated rings. The molecule has 2 aliphatic heterocycles. The van der Waals surface area contributed by atoms with Crippen LogP contribution in [0.1, 0.15) is 18.4 Å². The first kappa shape index (κ1) is 19.7.